The van der Waals surface area contributed by atoms with Crippen molar-refractivity contribution in [3.8, 4) is 0 Å². The van der Waals surface area contributed by atoms with Crippen LogP contribution in [0.3, 0.4) is 0 Å². The van der Waals surface area contributed by atoms with Gasteiger partial charge in [-0.2, -0.15) is 0 Å². The lowest BCUT2D eigenvalue weighted by molar-refractivity contribution is 0.590. The van der Waals surface area contributed by atoms with Crippen LogP contribution in [0.4, 0.5) is 34.1 Å². The Bertz CT molecular complexity index is 2880. The van der Waals surface area contributed by atoms with Crippen LogP contribution >= 0.6 is 0 Å². The molecule has 10 rings (SSSR count). The highest BCUT2D eigenvalue weighted by molar-refractivity contribution is 7.00. The van der Waals surface area contributed by atoms with Gasteiger partial charge in [-0.05, 0) is 130 Å². The zero-order chi connectivity index (χ0) is 39.6. The molecule has 8 aromatic rings. The lowest BCUT2D eigenvalue weighted by Crippen LogP contribution is -2.61. The molecule has 3 heteroatoms. The molecule has 0 bridgehead atoms. The summed E-state index contributed by atoms with van der Waals surface area (Å²) < 4.78 is 0. The van der Waals surface area contributed by atoms with Crippen molar-refractivity contribution in [2.45, 2.75) is 78.6 Å². The molecule has 2 aliphatic heterocycles. The fourth-order valence-electron chi connectivity index (χ4n) is 9.58. The van der Waals surface area contributed by atoms with Crippen molar-refractivity contribution in [2.24, 2.45) is 0 Å². The van der Waals surface area contributed by atoms with Crippen LogP contribution in [0.15, 0.2) is 146 Å². The molecular weight excluding hydrogens is 687 g/mol. The summed E-state index contributed by atoms with van der Waals surface area (Å²) in [5.74, 6) is 0. The van der Waals surface area contributed by atoms with E-state index >= 15 is 0 Å². The van der Waals surface area contributed by atoms with E-state index in [1.807, 2.05) is 0 Å². The van der Waals surface area contributed by atoms with Gasteiger partial charge in [0.2, 0.25) is 0 Å². The summed E-state index contributed by atoms with van der Waals surface area (Å²) in [5, 5.41) is 7.74. The molecule has 0 spiro atoms. The molecule has 0 aliphatic carbocycles. The van der Waals surface area contributed by atoms with E-state index in [0.29, 0.717) is 0 Å². The Morgan fingerprint density at radius 3 is 1.21 bits per heavy atom. The Morgan fingerprint density at radius 1 is 0.333 bits per heavy atom. The van der Waals surface area contributed by atoms with Crippen molar-refractivity contribution in [3.63, 3.8) is 0 Å². The normalized spacial score (nSPS) is 13.9. The Balaban J connectivity index is 1.28. The highest BCUT2D eigenvalue weighted by Gasteiger charge is 2.44. The summed E-state index contributed by atoms with van der Waals surface area (Å²) in [6, 6.07) is 55.8. The summed E-state index contributed by atoms with van der Waals surface area (Å²) in [6.45, 7) is 21.0. The molecule has 0 unspecified atom stereocenters. The van der Waals surface area contributed by atoms with Gasteiger partial charge < -0.3 is 9.80 Å². The second-order valence-electron chi connectivity index (χ2n) is 19.5. The second-order valence-corrected chi connectivity index (χ2v) is 19.5. The number of benzene rings is 8. The largest absolute Gasteiger partial charge is 0.311 e. The molecule has 57 heavy (non-hydrogen) atoms. The highest BCUT2D eigenvalue weighted by Crippen LogP contribution is 2.46. The SMILES string of the molecule is CC(C)(C)c1ccc(N2c3ccc(C(C)(C)C)cc3B3c4cc(C(C)(C)C)ccc4N(c4ccc5c6ccccc6c6ccccc6c5c4)c4cccc2c43)cc1. The average Bonchev–Trinajstić information content (AvgIpc) is 3.19. The fourth-order valence-corrected chi connectivity index (χ4v) is 9.58. The van der Waals surface area contributed by atoms with Crippen molar-refractivity contribution in [3.05, 3.63) is 162 Å². The van der Waals surface area contributed by atoms with Crippen LogP contribution in [-0.2, 0) is 16.2 Å². The summed E-state index contributed by atoms with van der Waals surface area (Å²) >= 11 is 0. The molecule has 8 aromatic carbocycles. The van der Waals surface area contributed by atoms with Gasteiger partial charge >= 0.3 is 0 Å². The molecule has 0 fully saturated rings. The second kappa shape index (κ2) is 12.4. The van der Waals surface area contributed by atoms with Crippen LogP contribution in [0, 0.1) is 0 Å². The number of hydrogen-bond donors (Lipinski definition) is 0. The van der Waals surface area contributed by atoms with E-state index in [4.69, 9.17) is 0 Å². The first-order valence-corrected chi connectivity index (χ1v) is 20.6. The third kappa shape index (κ3) is 5.53. The highest BCUT2D eigenvalue weighted by atomic mass is 15.2. The first kappa shape index (κ1) is 35.6. The van der Waals surface area contributed by atoms with Gasteiger partial charge in [0, 0.05) is 34.1 Å². The Labute approximate surface area is 338 Å². The number of rotatable bonds is 2. The topological polar surface area (TPSA) is 6.48 Å². The predicted octanol–water partition coefficient (Wildman–Crippen LogP) is 13.1. The van der Waals surface area contributed by atoms with Crippen molar-refractivity contribution in [2.75, 3.05) is 9.80 Å². The van der Waals surface area contributed by atoms with Crippen molar-refractivity contribution >= 4 is 89.5 Å². The van der Waals surface area contributed by atoms with Crippen LogP contribution in [0.25, 0.3) is 32.3 Å². The zero-order valence-electron chi connectivity index (χ0n) is 34.8. The van der Waals surface area contributed by atoms with E-state index in [1.165, 1.54) is 99.5 Å². The van der Waals surface area contributed by atoms with Crippen molar-refractivity contribution in [1.29, 1.82) is 0 Å². The van der Waals surface area contributed by atoms with Gasteiger partial charge in [0.15, 0.2) is 0 Å². The van der Waals surface area contributed by atoms with Crippen LogP contribution in [0.1, 0.15) is 79.0 Å². The van der Waals surface area contributed by atoms with Gasteiger partial charge in [-0.3, -0.25) is 0 Å². The fraction of sp³-hybridized carbons (Fsp3) is 0.222. The number of hydrogen-bond acceptors (Lipinski definition) is 2. The smallest absolute Gasteiger partial charge is 0.252 e. The maximum absolute atomic E-state index is 2.56. The average molecular weight is 739 g/mol. The molecule has 2 aliphatic rings. The number of anilines is 6. The number of nitrogens with zero attached hydrogens (tertiary/aromatic N) is 2. The molecule has 0 radical (unpaired) electrons. The minimum Gasteiger partial charge on any atom is -0.311 e. The molecule has 0 saturated heterocycles. The first-order chi connectivity index (χ1) is 27.2. The van der Waals surface area contributed by atoms with Gasteiger partial charge in [0.1, 0.15) is 0 Å². The first-order valence-electron chi connectivity index (χ1n) is 20.6. The molecule has 280 valence electrons. The Kier molecular flexibility index (Phi) is 7.72. The summed E-state index contributed by atoms with van der Waals surface area (Å²) in [6.07, 6.45) is 0. The van der Waals surface area contributed by atoms with Crippen molar-refractivity contribution in [1.82, 2.24) is 0 Å². The minimum atomic E-state index is -0.00579. The third-order valence-electron chi connectivity index (χ3n) is 12.7. The number of fused-ring (bicyclic) bond motifs is 10. The minimum absolute atomic E-state index is 0.00282. The maximum Gasteiger partial charge on any atom is 0.252 e. The summed E-state index contributed by atoms with van der Waals surface area (Å²) in [5.41, 5.74) is 15.5. The predicted molar refractivity (Wildman–Crippen MR) is 249 cm³/mol. The van der Waals surface area contributed by atoms with E-state index in [0.717, 1.165) is 0 Å². The van der Waals surface area contributed by atoms with Gasteiger partial charge in [-0.25, -0.2) is 0 Å². The molecule has 0 amide bonds. The van der Waals surface area contributed by atoms with Crippen molar-refractivity contribution < 1.29 is 0 Å². The van der Waals surface area contributed by atoms with Gasteiger partial charge in [0.25, 0.3) is 6.71 Å². The zero-order valence-corrected chi connectivity index (χ0v) is 34.8. The van der Waals surface area contributed by atoms with Gasteiger partial charge in [0.05, 0.1) is 0 Å². The van der Waals surface area contributed by atoms with Gasteiger partial charge in [-0.15, -0.1) is 0 Å². The molecule has 0 N–H and O–H groups in total. The molecular formula is C54H51BN2. The van der Waals surface area contributed by atoms with Crippen LogP contribution in [-0.4, -0.2) is 6.71 Å². The summed E-state index contributed by atoms with van der Waals surface area (Å²) in [4.78, 5) is 5.08. The monoisotopic (exact) mass is 738 g/mol. The van der Waals surface area contributed by atoms with E-state index in [-0.39, 0.29) is 23.0 Å². The molecule has 2 nitrogen and oxygen atoms in total. The van der Waals surface area contributed by atoms with Crippen LogP contribution < -0.4 is 26.2 Å². The summed E-state index contributed by atoms with van der Waals surface area (Å²) in [7, 11) is 0. The third-order valence-corrected chi connectivity index (χ3v) is 12.7. The Hall–Kier alpha value is -5.80. The quantitative estimate of drug-likeness (QED) is 0.129. The standard InChI is InChI=1S/C54H51BN2/c1-52(2,3)34-21-25-37(26-22-34)56-47-29-23-35(53(4,5)6)31-45(47)55-46-32-36(54(7,8)9)24-30-48(46)57(50-20-14-19-49(56)51(50)55)38-27-28-43-41-17-11-10-15-39(41)40-16-12-13-18-42(40)44(43)33-38/h10-33H,1-9H3. The lowest BCUT2D eigenvalue weighted by Gasteiger charge is -2.45. The van der Waals surface area contributed by atoms with Crippen LogP contribution in [0.5, 0.6) is 0 Å². The van der Waals surface area contributed by atoms with Crippen LogP contribution in [0.2, 0.25) is 0 Å². The lowest BCUT2D eigenvalue weighted by atomic mass is 9.33. The Morgan fingerprint density at radius 2 is 0.737 bits per heavy atom. The molecule has 0 saturated carbocycles. The molecule has 0 aromatic heterocycles. The van der Waals surface area contributed by atoms with E-state index < -0.39 is 0 Å². The maximum atomic E-state index is 2.56. The molecule has 0 atom stereocenters. The van der Waals surface area contributed by atoms with E-state index in [9.17, 15) is 0 Å². The van der Waals surface area contributed by atoms with Gasteiger partial charge in [-0.1, -0.05) is 159 Å². The van der Waals surface area contributed by atoms with E-state index in [1.54, 1.807) is 0 Å². The van der Waals surface area contributed by atoms with E-state index in [2.05, 4.69) is 218 Å². The molecule has 2 heterocycles.